The van der Waals surface area contributed by atoms with Gasteiger partial charge in [-0.1, -0.05) is 28.1 Å². The molecule has 0 radical (unpaired) electrons. The van der Waals surface area contributed by atoms with E-state index in [1.54, 1.807) is 0 Å². The minimum atomic E-state index is 0.373. The summed E-state index contributed by atoms with van der Waals surface area (Å²) in [4.78, 5) is 0. The zero-order chi connectivity index (χ0) is 14.3. The quantitative estimate of drug-likeness (QED) is 0.549. The molecule has 0 aliphatic heterocycles. The summed E-state index contributed by atoms with van der Waals surface area (Å²) in [5.41, 5.74) is 5.21. The molecule has 1 atom stereocenters. The van der Waals surface area contributed by atoms with Crippen LogP contribution in [0.5, 0.6) is 0 Å². The van der Waals surface area contributed by atoms with E-state index in [-0.39, 0.29) is 0 Å². The summed E-state index contributed by atoms with van der Waals surface area (Å²) >= 11 is 11.0. The number of aryl methyl sites for hydroxylation is 1. The summed E-state index contributed by atoms with van der Waals surface area (Å²) in [6.07, 6.45) is 2.25. The molecule has 0 heterocycles. The van der Waals surface area contributed by atoms with Gasteiger partial charge in [0, 0.05) is 13.4 Å². The van der Waals surface area contributed by atoms with Gasteiger partial charge in [-0.15, -0.1) is 0 Å². The highest BCUT2D eigenvalue weighted by Crippen LogP contribution is 2.41. The maximum absolute atomic E-state index is 3.67. The van der Waals surface area contributed by atoms with Gasteiger partial charge < -0.3 is 5.32 Å². The van der Waals surface area contributed by atoms with Gasteiger partial charge in [0.1, 0.15) is 0 Å². The van der Waals surface area contributed by atoms with Crippen molar-refractivity contribution in [2.45, 2.75) is 25.8 Å². The fourth-order valence-corrected chi connectivity index (χ4v) is 5.00. The first-order chi connectivity index (χ1) is 9.56. The van der Waals surface area contributed by atoms with E-state index in [1.165, 1.54) is 21.2 Å². The summed E-state index contributed by atoms with van der Waals surface area (Å²) in [6.45, 7) is 2.10. The number of anilines is 1. The lowest BCUT2D eigenvalue weighted by molar-refractivity contribution is 0.760. The molecular weight excluding hydrogens is 446 g/mol. The minimum Gasteiger partial charge on any atom is -0.376 e. The van der Waals surface area contributed by atoms with Gasteiger partial charge in [0.15, 0.2) is 0 Å². The van der Waals surface area contributed by atoms with Crippen molar-refractivity contribution in [3.63, 3.8) is 0 Å². The summed E-state index contributed by atoms with van der Waals surface area (Å²) in [7, 11) is 0. The van der Waals surface area contributed by atoms with E-state index in [0.29, 0.717) is 6.04 Å². The molecule has 4 heteroatoms. The molecule has 1 aliphatic rings. The van der Waals surface area contributed by atoms with Gasteiger partial charge >= 0.3 is 0 Å². The third-order valence-electron chi connectivity index (χ3n) is 3.72. The molecule has 20 heavy (non-hydrogen) atoms. The fraction of sp³-hybridized carbons (Fsp3) is 0.250. The second kappa shape index (κ2) is 5.82. The Balaban J connectivity index is 1.94. The van der Waals surface area contributed by atoms with Gasteiger partial charge in [-0.3, -0.25) is 0 Å². The van der Waals surface area contributed by atoms with Crippen LogP contribution in [0.25, 0.3) is 0 Å². The number of fused-ring (bicyclic) bond motifs is 1. The first-order valence-corrected chi connectivity index (χ1v) is 8.93. The Morgan fingerprint density at radius 1 is 1.05 bits per heavy atom. The van der Waals surface area contributed by atoms with Gasteiger partial charge in [-0.25, -0.2) is 0 Å². The maximum atomic E-state index is 3.67. The van der Waals surface area contributed by atoms with Crippen LogP contribution in [0.2, 0.25) is 0 Å². The standard InChI is InChI=1S/C16H14Br3N/c1-9-7-13(18)16(14(19)8-9)20-15-6-5-10-11(15)3-2-4-12(10)17/h2-4,7-8,15,20H,5-6H2,1H3. The molecule has 0 amide bonds. The zero-order valence-electron chi connectivity index (χ0n) is 11.0. The molecule has 1 N–H and O–H groups in total. The Bertz CT molecular complexity index is 644. The second-order valence-electron chi connectivity index (χ2n) is 5.15. The molecular formula is C16H14Br3N. The van der Waals surface area contributed by atoms with Crippen molar-refractivity contribution in [2.75, 3.05) is 5.32 Å². The Hall–Kier alpha value is -0.320. The second-order valence-corrected chi connectivity index (χ2v) is 7.71. The lowest BCUT2D eigenvalue weighted by Gasteiger charge is -2.19. The Morgan fingerprint density at radius 3 is 2.45 bits per heavy atom. The summed E-state index contributed by atoms with van der Waals surface area (Å²) < 4.78 is 3.43. The summed E-state index contributed by atoms with van der Waals surface area (Å²) in [6, 6.07) is 11.1. The van der Waals surface area contributed by atoms with Gasteiger partial charge in [0.05, 0.1) is 11.7 Å². The highest BCUT2D eigenvalue weighted by molar-refractivity contribution is 9.11. The molecule has 0 fully saturated rings. The molecule has 2 aromatic carbocycles. The zero-order valence-corrected chi connectivity index (χ0v) is 15.8. The van der Waals surface area contributed by atoms with Gasteiger partial charge in [-0.05, 0) is 86.5 Å². The Kier molecular flexibility index (Phi) is 4.25. The number of halogens is 3. The van der Waals surface area contributed by atoms with Crippen LogP contribution in [0.4, 0.5) is 5.69 Å². The molecule has 1 aliphatic carbocycles. The van der Waals surface area contributed by atoms with Crippen LogP contribution in [0, 0.1) is 6.92 Å². The minimum absolute atomic E-state index is 0.373. The molecule has 3 rings (SSSR count). The Morgan fingerprint density at radius 2 is 1.75 bits per heavy atom. The van der Waals surface area contributed by atoms with Crippen LogP contribution >= 0.6 is 47.8 Å². The fourth-order valence-electron chi connectivity index (χ4n) is 2.77. The van der Waals surface area contributed by atoms with E-state index in [9.17, 15) is 0 Å². The lowest BCUT2D eigenvalue weighted by Crippen LogP contribution is -2.08. The SMILES string of the molecule is Cc1cc(Br)c(NC2CCc3c(Br)cccc32)c(Br)c1. The Labute approximate surface area is 144 Å². The van der Waals surface area contributed by atoms with Crippen LogP contribution in [0.15, 0.2) is 43.7 Å². The summed E-state index contributed by atoms with van der Waals surface area (Å²) in [5, 5.41) is 3.67. The van der Waals surface area contributed by atoms with Crippen LogP contribution in [-0.2, 0) is 6.42 Å². The molecule has 2 aromatic rings. The maximum Gasteiger partial charge on any atom is 0.0634 e. The molecule has 0 spiro atoms. The molecule has 1 nitrogen and oxygen atoms in total. The third kappa shape index (κ3) is 2.70. The third-order valence-corrected chi connectivity index (χ3v) is 5.71. The van der Waals surface area contributed by atoms with E-state index in [4.69, 9.17) is 0 Å². The molecule has 1 unspecified atom stereocenters. The largest absolute Gasteiger partial charge is 0.376 e. The monoisotopic (exact) mass is 457 g/mol. The van der Waals surface area contributed by atoms with Gasteiger partial charge in [0.2, 0.25) is 0 Å². The van der Waals surface area contributed by atoms with E-state index in [0.717, 1.165) is 27.5 Å². The first-order valence-electron chi connectivity index (χ1n) is 6.55. The molecule has 0 bridgehead atoms. The molecule has 0 aromatic heterocycles. The lowest BCUT2D eigenvalue weighted by atomic mass is 10.1. The first kappa shape index (κ1) is 14.6. The molecule has 104 valence electrons. The van der Waals surface area contributed by atoms with Crippen molar-refractivity contribution in [1.82, 2.24) is 0 Å². The van der Waals surface area contributed by atoms with Gasteiger partial charge in [-0.2, -0.15) is 0 Å². The van der Waals surface area contributed by atoms with Crippen LogP contribution in [0.3, 0.4) is 0 Å². The average molecular weight is 460 g/mol. The number of nitrogens with one attached hydrogen (secondary N) is 1. The average Bonchev–Trinajstić information content (AvgIpc) is 2.78. The van der Waals surface area contributed by atoms with Crippen LogP contribution in [-0.4, -0.2) is 0 Å². The number of benzene rings is 2. The van der Waals surface area contributed by atoms with Crippen molar-refractivity contribution < 1.29 is 0 Å². The summed E-state index contributed by atoms with van der Waals surface area (Å²) in [5.74, 6) is 0. The molecule has 0 saturated carbocycles. The highest BCUT2D eigenvalue weighted by Gasteiger charge is 2.24. The predicted molar refractivity (Wildman–Crippen MR) is 95.4 cm³/mol. The van der Waals surface area contributed by atoms with Gasteiger partial charge in [0.25, 0.3) is 0 Å². The normalized spacial score (nSPS) is 17.1. The number of hydrogen-bond acceptors (Lipinski definition) is 1. The number of rotatable bonds is 2. The van der Waals surface area contributed by atoms with E-state index in [1.807, 2.05) is 0 Å². The van der Waals surface area contributed by atoms with Crippen molar-refractivity contribution in [1.29, 1.82) is 0 Å². The van der Waals surface area contributed by atoms with Crippen molar-refractivity contribution in [3.05, 3.63) is 60.4 Å². The topological polar surface area (TPSA) is 12.0 Å². The predicted octanol–water partition coefficient (Wildman–Crippen LogP) is 6.38. The van der Waals surface area contributed by atoms with E-state index >= 15 is 0 Å². The molecule has 0 saturated heterocycles. The number of hydrogen-bond donors (Lipinski definition) is 1. The van der Waals surface area contributed by atoms with E-state index in [2.05, 4.69) is 90.4 Å². The van der Waals surface area contributed by atoms with Crippen LogP contribution < -0.4 is 5.32 Å². The van der Waals surface area contributed by atoms with E-state index < -0.39 is 0 Å². The van der Waals surface area contributed by atoms with Crippen molar-refractivity contribution >= 4 is 53.5 Å². The van der Waals surface area contributed by atoms with Crippen LogP contribution in [0.1, 0.15) is 29.2 Å². The van der Waals surface area contributed by atoms with Crippen molar-refractivity contribution in [3.8, 4) is 0 Å². The smallest absolute Gasteiger partial charge is 0.0634 e. The highest BCUT2D eigenvalue weighted by atomic mass is 79.9. The van der Waals surface area contributed by atoms with Crippen molar-refractivity contribution in [2.24, 2.45) is 0 Å².